The summed E-state index contributed by atoms with van der Waals surface area (Å²) in [7, 11) is -3.27. The van der Waals surface area contributed by atoms with Gasteiger partial charge in [0, 0.05) is 25.5 Å². The summed E-state index contributed by atoms with van der Waals surface area (Å²) in [6.07, 6.45) is 8.67. The molecule has 2 heterocycles. The van der Waals surface area contributed by atoms with Crippen molar-refractivity contribution in [2.24, 2.45) is 0 Å². The van der Waals surface area contributed by atoms with E-state index in [0.29, 0.717) is 23.9 Å². The second kappa shape index (κ2) is 5.57. The molecule has 1 saturated carbocycles. The summed E-state index contributed by atoms with van der Waals surface area (Å²) in [5, 5.41) is 0. The molecule has 0 atom stereocenters. The van der Waals surface area contributed by atoms with Gasteiger partial charge in [-0.15, -0.1) is 0 Å². The quantitative estimate of drug-likeness (QED) is 0.836. The molecule has 0 amide bonds. The molecular weight excluding hydrogens is 288 g/mol. The Morgan fingerprint density at radius 3 is 2.76 bits per heavy atom. The van der Waals surface area contributed by atoms with E-state index >= 15 is 0 Å². The number of hydrogen-bond acceptors (Lipinski definition) is 5. The van der Waals surface area contributed by atoms with Crippen LogP contribution in [0.25, 0.3) is 0 Å². The fourth-order valence-electron chi connectivity index (χ4n) is 3.43. The first-order chi connectivity index (χ1) is 10.0. The molecule has 2 aliphatic rings. The van der Waals surface area contributed by atoms with Crippen molar-refractivity contribution >= 4 is 15.7 Å². The molecule has 0 aromatic carbocycles. The average molecular weight is 310 g/mol. The molecule has 6 heteroatoms. The van der Waals surface area contributed by atoms with Gasteiger partial charge in [-0.25, -0.2) is 13.4 Å². The van der Waals surface area contributed by atoms with E-state index in [1.807, 2.05) is 0 Å². The summed E-state index contributed by atoms with van der Waals surface area (Å²) in [5.41, 5.74) is -0.108. The molecule has 1 spiro atoms. The van der Waals surface area contributed by atoms with Crippen LogP contribution in [0.3, 0.4) is 0 Å². The summed E-state index contributed by atoms with van der Waals surface area (Å²) in [6, 6.07) is 3.32. The van der Waals surface area contributed by atoms with Crippen LogP contribution in [0.4, 0.5) is 5.82 Å². The van der Waals surface area contributed by atoms with Gasteiger partial charge in [0.1, 0.15) is 10.7 Å². The lowest BCUT2D eigenvalue weighted by Crippen LogP contribution is -2.53. The first kappa shape index (κ1) is 14.8. The highest BCUT2D eigenvalue weighted by Gasteiger charge is 2.39. The Labute approximate surface area is 126 Å². The highest BCUT2D eigenvalue weighted by Crippen LogP contribution is 2.36. The maximum Gasteiger partial charge on any atom is 0.179 e. The van der Waals surface area contributed by atoms with Gasteiger partial charge in [0.25, 0.3) is 0 Å². The maximum absolute atomic E-state index is 12.0. The Morgan fingerprint density at radius 1 is 1.29 bits per heavy atom. The number of morpholine rings is 1. The van der Waals surface area contributed by atoms with E-state index in [1.54, 1.807) is 18.3 Å². The van der Waals surface area contributed by atoms with Crippen molar-refractivity contribution in [3.63, 3.8) is 0 Å². The standard InChI is InChI=1S/C15H22N2O3S/c1-21(18,19)13-6-5-9-16-14(13)17-10-11-20-15(12-17)7-3-2-4-8-15/h5-6,9H,2-4,7-8,10-12H2,1H3. The second-order valence-electron chi connectivity index (χ2n) is 6.11. The molecule has 1 saturated heterocycles. The molecular formula is C15H22N2O3S. The minimum Gasteiger partial charge on any atom is -0.371 e. The largest absolute Gasteiger partial charge is 0.371 e. The Morgan fingerprint density at radius 2 is 2.05 bits per heavy atom. The number of ether oxygens (including phenoxy) is 1. The molecule has 1 aliphatic carbocycles. The summed E-state index contributed by atoms with van der Waals surface area (Å²) in [6.45, 7) is 2.08. The van der Waals surface area contributed by atoms with Crippen molar-refractivity contribution in [1.82, 2.24) is 4.98 Å². The van der Waals surface area contributed by atoms with E-state index in [2.05, 4.69) is 9.88 Å². The molecule has 1 aromatic heterocycles. The van der Waals surface area contributed by atoms with Crippen LogP contribution >= 0.6 is 0 Å². The average Bonchev–Trinajstić information content (AvgIpc) is 2.47. The third kappa shape index (κ3) is 3.06. The smallest absolute Gasteiger partial charge is 0.179 e. The molecule has 0 N–H and O–H groups in total. The van der Waals surface area contributed by atoms with Gasteiger partial charge in [-0.3, -0.25) is 0 Å². The molecule has 3 rings (SSSR count). The molecule has 21 heavy (non-hydrogen) atoms. The minimum absolute atomic E-state index is 0.108. The van der Waals surface area contributed by atoms with Gasteiger partial charge >= 0.3 is 0 Å². The monoisotopic (exact) mass is 310 g/mol. The van der Waals surface area contributed by atoms with Crippen LogP contribution in [0.2, 0.25) is 0 Å². The van der Waals surface area contributed by atoms with E-state index in [9.17, 15) is 8.42 Å². The normalized spacial score (nSPS) is 22.4. The van der Waals surface area contributed by atoms with E-state index in [1.165, 1.54) is 25.5 Å². The number of nitrogens with zero attached hydrogens (tertiary/aromatic N) is 2. The fourth-order valence-corrected chi connectivity index (χ4v) is 4.27. The van der Waals surface area contributed by atoms with Crippen molar-refractivity contribution in [2.75, 3.05) is 30.9 Å². The number of sulfone groups is 1. The van der Waals surface area contributed by atoms with Gasteiger partial charge in [-0.05, 0) is 25.0 Å². The predicted octanol–water partition coefficient (Wildman–Crippen LogP) is 2.02. The van der Waals surface area contributed by atoms with Crippen LogP contribution in [0.15, 0.2) is 23.2 Å². The molecule has 116 valence electrons. The number of rotatable bonds is 2. The van der Waals surface area contributed by atoms with Crippen LogP contribution in [-0.4, -0.2) is 45.0 Å². The SMILES string of the molecule is CS(=O)(=O)c1cccnc1N1CCOC2(CCCCC2)C1. The highest BCUT2D eigenvalue weighted by atomic mass is 32.2. The van der Waals surface area contributed by atoms with Gasteiger partial charge in [0.15, 0.2) is 9.84 Å². The molecule has 2 fully saturated rings. The van der Waals surface area contributed by atoms with E-state index < -0.39 is 9.84 Å². The minimum atomic E-state index is -3.27. The lowest BCUT2D eigenvalue weighted by Gasteiger charge is -2.45. The summed E-state index contributed by atoms with van der Waals surface area (Å²) in [5.74, 6) is 0.577. The van der Waals surface area contributed by atoms with Gasteiger partial charge < -0.3 is 9.64 Å². The first-order valence-corrected chi connectivity index (χ1v) is 9.43. The second-order valence-corrected chi connectivity index (χ2v) is 8.10. The molecule has 1 aromatic rings. The number of anilines is 1. The van der Waals surface area contributed by atoms with Crippen molar-refractivity contribution in [3.8, 4) is 0 Å². The topological polar surface area (TPSA) is 59.5 Å². The van der Waals surface area contributed by atoms with Gasteiger partial charge in [-0.2, -0.15) is 0 Å². The molecule has 1 aliphatic heterocycles. The molecule has 0 bridgehead atoms. The Hall–Kier alpha value is -1.14. The van der Waals surface area contributed by atoms with E-state index in [0.717, 1.165) is 19.4 Å². The van der Waals surface area contributed by atoms with Crippen molar-refractivity contribution in [2.45, 2.75) is 42.6 Å². The fraction of sp³-hybridized carbons (Fsp3) is 0.667. The summed E-state index contributed by atoms with van der Waals surface area (Å²) in [4.78, 5) is 6.74. The van der Waals surface area contributed by atoms with Crippen LogP contribution in [0, 0.1) is 0 Å². The lowest BCUT2D eigenvalue weighted by atomic mass is 9.83. The van der Waals surface area contributed by atoms with Gasteiger partial charge in [0.05, 0.1) is 12.2 Å². The van der Waals surface area contributed by atoms with Gasteiger partial charge in [0.2, 0.25) is 0 Å². The zero-order valence-corrected chi connectivity index (χ0v) is 13.2. The summed E-state index contributed by atoms with van der Waals surface area (Å²) < 4.78 is 30.0. The third-order valence-electron chi connectivity index (χ3n) is 4.46. The summed E-state index contributed by atoms with van der Waals surface area (Å²) >= 11 is 0. The van der Waals surface area contributed by atoms with Crippen LogP contribution in [0.1, 0.15) is 32.1 Å². The van der Waals surface area contributed by atoms with Crippen molar-refractivity contribution in [3.05, 3.63) is 18.3 Å². The Kier molecular flexibility index (Phi) is 3.92. The predicted molar refractivity (Wildman–Crippen MR) is 81.3 cm³/mol. The number of pyridine rings is 1. The molecule has 5 nitrogen and oxygen atoms in total. The van der Waals surface area contributed by atoms with Gasteiger partial charge in [-0.1, -0.05) is 19.3 Å². The van der Waals surface area contributed by atoms with Crippen molar-refractivity contribution < 1.29 is 13.2 Å². The highest BCUT2D eigenvalue weighted by molar-refractivity contribution is 7.90. The van der Waals surface area contributed by atoms with E-state index in [-0.39, 0.29) is 5.60 Å². The van der Waals surface area contributed by atoms with Crippen LogP contribution in [-0.2, 0) is 14.6 Å². The zero-order chi connectivity index (χ0) is 14.9. The zero-order valence-electron chi connectivity index (χ0n) is 12.4. The molecule has 0 radical (unpaired) electrons. The van der Waals surface area contributed by atoms with Crippen LogP contribution < -0.4 is 4.90 Å². The van der Waals surface area contributed by atoms with Crippen molar-refractivity contribution in [1.29, 1.82) is 0 Å². The maximum atomic E-state index is 12.0. The lowest BCUT2D eigenvalue weighted by molar-refractivity contribution is -0.0784. The molecule has 0 unspecified atom stereocenters. The Balaban J connectivity index is 1.90. The number of aromatic nitrogens is 1. The third-order valence-corrected chi connectivity index (χ3v) is 5.58. The Bertz CT molecular complexity index is 604. The van der Waals surface area contributed by atoms with E-state index in [4.69, 9.17) is 4.74 Å². The van der Waals surface area contributed by atoms with Crippen LogP contribution in [0.5, 0.6) is 0 Å². The number of hydrogen-bond donors (Lipinski definition) is 0. The first-order valence-electron chi connectivity index (χ1n) is 7.54.